The number of thiophene rings is 1. The molecular formula is C12H11N3O3S. The van der Waals surface area contributed by atoms with Crippen molar-refractivity contribution in [1.82, 2.24) is 15.5 Å². The topological polar surface area (TPSA) is 88.3 Å². The van der Waals surface area contributed by atoms with Gasteiger partial charge in [0, 0.05) is 0 Å². The van der Waals surface area contributed by atoms with Gasteiger partial charge in [-0.3, -0.25) is 4.79 Å². The predicted octanol–water partition coefficient (Wildman–Crippen LogP) is 0.713. The van der Waals surface area contributed by atoms with Gasteiger partial charge < -0.3 is 14.9 Å². The van der Waals surface area contributed by atoms with E-state index in [0.717, 1.165) is 10.4 Å². The second-order valence-electron chi connectivity index (χ2n) is 3.61. The quantitative estimate of drug-likeness (QED) is 0.807. The smallest absolute Gasteiger partial charge is 0.261 e. The van der Waals surface area contributed by atoms with Gasteiger partial charge in [-0.05, 0) is 18.6 Å². The monoisotopic (exact) mass is 277 g/mol. The first kappa shape index (κ1) is 13.3. The highest BCUT2D eigenvalue weighted by atomic mass is 32.1. The van der Waals surface area contributed by atoms with Crippen LogP contribution in [0.5, 0.6) is 0 Å². The summed E-state index contributed by atoms with van der Waals surface area (Å²) in [6.07, 6.45) is 1.21. The molecule has 0 spiro atoms. The van der Waals surface area contributed by atoms with Crippen LogP contribution in [0, 0.1) is 18.8 Å². The molecule has 19 heavy (non-hydrogen) atoms. The molecule has 0 aliphatic rings. The summed E-state index contributed by atoms with van der Waals surface area (Å²) in [7, 11) is 0. The van der Waals surface area contributed by atoms with E-state index in [-0.39, 0.29) is 19.1 Å². The molecule has 0 fully saturated rings. The summed E-state index contributed by atoms with van der Waals surface area (Å²) in [6.45, 7) is 1.88. The lowest BCUT2D eigenvalue weighted by Crippen LogP contribution is -2.22. The minimum Gasteiger partial charge on any atom is -0.384 e. The van der Waals surface area contributed by atoms with Gasteiger partial charge in [-0.2, -0.15) is 4.98 Å². The Hall–Kier alpha value is -2.17. The zero-order valence-electron chi connectivity index (χ0n) is 10.1. The Morgan fingerprint density at radius 1 is 1.63 bits per heavy atom. The lowest BCUT2D eigenvalue weighted by Gasteiger charge is -1.98. The zero-order chi connectivity index (χ0) is 13.7. The largest absolute Gasteiger partial charge is 0.384 e. The molecule has 2 aromatic heterocycles. The third-order valence-corrected chi connectivity index (χ3v) is 3.39. The van der Waals surface area contributed by atoms with E-state index in [0.29, 0.717) is 10.7 Å². The van der Waals surface area contributed by atoms with Gasteiger partial charge in [-0.15, -0.1) is 11.3 Å². The normalized spacial score (nSPS) is 9.79. The highest BCUT2D eigenvalue weighted by Crippen LogP contribution is 2.20. The highest BCUT2D eigenvalue weighted by molar-refractivity contribution is 7.14. The van der Waals surface area contributed by atoms with Crippen LogP contribution in [0.1, 0.15) is 25.9 Å². The zero-order valence-corrected chi connectivity index (χ0v) is 11.0. The van der Waals surface area contributed by atoms with E-state index < -0.39 is 0 Å². The number of amides is 1. The van der Waals surface area contributed by atoms with Crippen LogP contribution in [0.25, 0.3) is 0 Å². The molecule has 2 heterocycles. The maximum Gasteiger partial charge on any atom is 0.261 e. The first-order chi connectivity index (χ1) is 9.20. The summed E-state index contributed by atoms with van der Waals surface area (Å²) in [5.74, 6) is 5.58. The maximum absolute atomic E-state index is 11.9. The molecule has 7 heteroatoms. The van der Waals surface area contributed by atoms with Gasteiger partial charge in [-0.25, -0.2) is 0 Å². The molecule has 0 aliphatic heterocycles. The van der Waals surface area contributed by atoms with Crippen molar-refractivity contribution in [3.8, 4) is 11.8 Å². The van der Waals surface area contributed by atoms with Crippen molar-refractivity contribution in [2.24, 2.45) is 0 Å². The van der Waals surface area contributed by atoms with E-state index in [1.54, 1.807) is 6.07 Å². The lowest BCUT2D eigenvalue weighted by atomic mass is 10.2. The van der Waals surface area contributed by atoms with Crippen LogP contribution in [0.2, 0.25) is 0 Å². The van der Waals surface area contributed by atoms with Gasteiger partial charge in [0.15, 0.2) is 5.82 Å². The first-order valence-electron chi connectivity index (χ1n) is 5.44. The van der Waals surface area contributed by atoms with Gasteiger partial charge in [0.25, 0.3) is 5.91 Å². The Labute approximate surface area is 113 Å². The second-order valence-corrected chi connectivity index (χ2v) is 4.66. The third-order valence-electron chi connectivity index (χ3n) is 2.24. The van der Waals surface area contributed by atoms with Crippen LogP contribution in [-0.4, -0.2) is 27.8 Å². The molecule has 0 unspecified atom stereocenters. The predicted molar refractivity (Wildman–Crippen MR) is 68.5 cm³/mol. The lowest BCUT2D eigenvalue weighted by molar-refractivity contribution is 0.0953. The number of hydrogen-bond acceptors (Lipinski definition) is 6. The number of aromatic nitrogens is 2. The van der Waals surface area contributed by atoms with Gasteiger partial charge in [0.2, 0.25) is 6.39 Å². The summed E-state index contributed by atoms with van der Waals surface area (Å²) in [4.78, 5) is 17.0. The van der Waals surface area contributed by atoms with Crippen molar-refractivity contribution >= 4 is 17.2 Å². The van der Waals surface area contributed by atoms with E-state index in [4.69, 9.17) is 5.11 Å². The Bertz CT molecular complexity index is 622. The fourth-order valence-corrected chi connectivity index (χ4v) is 2.32. The average molecular weight is 277 g/mol. The second kappa shape index (κ2) is 6.13. The number of aryl methyl sites for hydroxylation is 1. The average Bonchev–Trinajstić information content (AvgIpc) is 3.03. The summed E-state index contributed by atoms with van der Waals surface area (Å²) < 4.78 is 4.57. The van der Waals surface area contributed by atoms with E-state index in [1.807, 2.05) is 6.92 Å². The standard InChI is InChI=1S/C12H11N3O3S/c1-8-5-10(19-9(8)3-2-4-16)12(17)13-6-11-14-7-18-15-11/h5,7,16H,4,6H2,1H3,(H,13,17). The van der Waals surface area contributed by atoms with E-state index in [9.17, 15) is 4.79 Å². The number of hydrogen-bond donors (Lipinski definition) is 2. The Kier molecular flexibility index (Phi) is 4.28. The fourth-order valence-electron chi connectivity index (χ4n) is 1.35. The van der Waals surface area contributed by atoms with Crippen molar-refractivity contribution in [2.45, 2.75) is 13.5 Å². The number of carbonyl (C=O) groups excluding carboxylic acids is 1. The number of aliphatic hydroxyl groups excluding tert-OH is 1. The molecule has 6 nitrogen and oxygen atoms in total. The molecule has 0 saturated heterocycles. The van der Waals surface area contributed by atoms with Crippen molar-refractivity contribution in [3.05, 3.63) is 33.6 Å². The third kappa shape index (κ3) is 3.40. The summed E-state index contributed by atoms with van der Waals surface area (Å²) in [5, 5.41) is 14.9. The molecule has 0 aromatic carbocycles. The number of rotatable bonds is 3. The molecule has 0 atom stereocenters. The van der Waals surface area contributed by atoms with E-state index >= 15 is 0 Å². The molecular weight excluding hydrogens is 266 g/mol. The van der Waals surface area contributed by atoms with Crippen LogP contribution in [0.15, 0.2) is 17.0 Å². The minimum atomic E-state index is -0.213. The van der Waals surface area contributed by atoms with Crippen molar-refractivity contribution < 1.29 is 14.4 Å². The molecule has 0 aliphatic carbocycles. The number of carbonyl (C=O) groups is 1. The van der Waals surface area contributed by atoms with Gasteiger partial charge in [0.1, 0.15) is 6.61 Å². The van der Waals surface area contributed by atoms with Crippen molar-refractivity contribution in [3.63, 3.8) is 0 Å². The van der Waals surface area contributed by atoms with Crippen LogP contribution in [0.3, 0.4) is 0 Å². The molecule has 1 amide bonds. The SMILES string of the molecule is Cc1cc(C(=O)NCc2ncon2)sc1C#CCO. The van der Waals surface area contributed by atoms with Crippen LogP contribution in [-0.2, 0) is 6.54 Å². The minimum absolute atomic E-state index is 0.198. The number of nitrogens with zero attached hydrogens (tertiary/aromatic N) is 2. The van der Waals surface area contributed by atoms with Gasteiger partial charge >= 0.3 is 0 Å². The summed E-state index contributed by atoms with van der Waals surface area (Å²) in [5.41, 5.74) is 0.913. The Balaban J connectivity index is 2.03. The summed E-state index contributed by atoms with van der Waals surface area (Å²) >= 11 is 1.28. The Morgan fingerprint density at radius 2 is 2.47 bits per heavy atom. The molecule has 98 valence electrons. The number of aliphatic hydroxyl groups is 1. The molecule has 2 rings (SSSR count). The molecule has 0 radical (unpaired) electrons. The fraction of sp³-hybridized carbons (Fsp3) is 0.250. The van der Waals surface area contributed by atoms with Crippen molar-refractivity contribution in [2.75, 3.05) is 6.61 Å². The van der Waals surface area contributed by atoms with Gasteiger partial charge in [-0.1, -0.05) is 17.0 Å². The first-order valence-corrected chi connectivity index (χ1v) is 6.26. The molecule has 2 N–H and O–H groups in total. The van der Waals surface area contributed by atoms with E-state index in [1.165, 1.54) is 17.7 Å². The van der Waals surface area contributed by atoms with Crippen LogP contribution < -0.4 is 5.32 Å². The van der Waals surface area contributed by atoms with Crippen LogP contribution in [0.4, 0.5) is 0 Å². The number of nitrogens with one attached hydrogen (secondary N) is 1. The Morgan fingerprint density at radius 3 is 3.16 bits per heavy atom. The molecule has 0 bridgehead atoms. The maximum atomic E-state index is 11.9. The van der Waals surface area contributed by atoms with Crippen molar-refractivity contribution in [1.29, 1.82) is 0 Å². The summed E-state index contributed by atoms with van der Waals surface area (Å²) in [6, 6.07) is 1.76. The molecule has 2 aromatic rings. The van der Waals surface area contributed by atoms with Crippen LogP contribution >= 0.6 is 11.3 Å². The van der Waals surface area contributed by atoms with E-state index in [2.05, 4.69) is 31.8 Å². The highest BCUT2D eigenvalue weighted by Gasteiger charge is 2.12. The molecule has 0 saturated carbocycles. The van der Waals surface area contributed by atoms with Gasteiger partial charge in [0.05, 0.1) is 16.3 Å².